The Hall–Kier alpha value is -1.13. The normalized spacial score (nSPS) is 11.1. The van der Waals surface area contributed by atoms with Gasteiger partial charge in [-0.1, -0.05) is 0 Å². The number of aryl methyl sites for hydroxylation is 1. The number of aromatic nitrogens is 2. The van der Waals surface area contributed by atoms with E-state index < -0.39 is 0 Å². The second-order valence-electron chi connectivity index (χ2n) is 3.72. The Morgan fingerprint density at radius 3 is 3.00 bits per heavy atom. The molecule has 0 bridgehead atoms. The topological polar surface area (TPSA) is 17.3 Å². The quantitative estimate of drug-likeness (QED) is 0.659. The molecule has 0 saturated heterocycles. The summed E-state index contributed by atoms with van der Waals surface area (Å²) in [6, 6.07) is 6.27. The Labute approximate surface area is 106 Å². The molecule has 2 nitrogen and oxygen atoms in total. The maximum Gasteiger partial charge on any atom is 0.137 e. The molecule has 0 radical (unpaired) electrons. The lowest BCUT2D eigenvalue weighted by Gasteiger charge is -1.92. The summed E-state index contributed by atoms with van der Waals surface area (Å²) in [5, 5.41) is 2.07. The zero-order chi connectivity index (χ0) is 11.1. The predicted molar refractivity (Wildman–Crippen MR) is 70.9 cm³/mol. The second kappa shape index (κ2) is 3.71. The summed E-state index contributed by atoms with van der Waals surface area (Å²) in [4.78, 5) is 5.80. The van der Waals surface area contributed by atoms with Gasteiger partial charge in [-0.2, -0.15) is 0 Å². The summed E-state index contributed by atoms with van der Waals surface area (Å²) < 4.78 is 3.16. The SMILES string of the molecule is Cc1ccn2cc(-c3cc(Br)cs3)nc2c1. The van der Waals surface area contributed by atoms with E-state index in [-0.39, 0.29) is 0 Å². The molecular formula is C12H9BrN2S. The summed E-state index contributed by atoms with van der Waals surface area (Å²) in [6.45, 7) is 2.08. The summed E-state index contributed by atoms with van der Waals surface area (Å²) in [6.07, 6.45) is 4.11. The first-order valence-corrected chi connectivity index (χ1v) is 6.59. The number of rotatable bonds is 1. The molecule has 0 saturated carbocycles. The van der Waals surface area contributed by atoms with Crippen LogP contribution in [-0.4, -0.2) is 9.38 Å². The number of thiophene rings is 1. The smallest absolute Gasteiger partial charge is 0.137 e. The Morgan fingerprint density at radius 1 is 1.38 bits per heavy atom. The molecule has 0 N–H and O–H groups in total. The van der Waals surface area contributed by atoms with Gasteiger partial charge in [0.1, 0.15) is 5.65 Å². The Morgan fingerprint density at radius 2 is 2.25 bits per heavy atom. The third-order valence-electron chi connectivity index (χ3n) is 2.44. The lowest BCUT2D eigenvalue weighted by Crippen LogP contribution is -1.81. The van der Waals surface area contributed by atoms with Crippen LogP contribution in [-0.2, 0) is 0 Å². The van der Waals surface area contributed by atoms with Gasteiger partial charge in [0.05, 0.1) is 10.6 Å². The van der Waals surface area contributed by atoms with Gasteiger partial charge in [0, 0.05) is 22.2 Å². The zero-order valence-electron chi connectivity index (χ0n) is 8.64. The van der Waals surface area contributed by atoms with E-state index in [1.807, 2.05) is 6.20 Å². The first-order valence-electron chi connectivity index (χ1n) is 4.92. The molecule has 0 atom stereocenters. The maximum absolute atomic E-state index is 4.61. The van der Waals surface area contributed by atoms with Gasteiger partial charge in [-0.25, -0.2) is 4.98 Å². The maximum atomic E-state index is 4.61. The van der Waals surface area contributed by atoms with E-state index in [4.69, 9.17) is 0 Å². The molecule has 0 aliphatic heterocycles. The van der Waals surface area contributed by atoms with Crippen LogP contribution in [0, 0.1) is 6.92 Å². The number of hydrogen-bond acceptors (Lipinski definition) is 2. The Balaban J connectivity index is 2.18. The van der Waals surface area contributed by atoms with E-state index in [1.165, 1.54) is 10.4 Å². The van der Waals surface area contributed by atoms with Gasteiger partial charge < -0.3 is 4.40 Å². The largest absolute Gasteiger partial charge is 0.306 e. The number of nitrogens with zero attached hydrogens (tertiary/aromatic N) is 2. The highest BCUT2D eigenvalue weighted by molar-refractivity contribution is 9.10. The monoisotopic (exact) mass is 292 g/mol. The van der Waals surface area contributed by atoms with Crippen molar-refractivity contribution >= 4 is 32.9 Å². The predicted octanol–water partition coefficient (Wildman–Crippen LogP) is 4.13. The lowest BCUT2D eigenvalue weighted by atomic mass is 10.3. The molecule has 0 amide bonds. The summed E-state index contributed by atoms with van der Waals surface area (Å²) >= 11 is 5.16. The van der Waals surface area contributed by atoms with Crippen LogP contribution in [0.1, 0.15) is 5.56 Å². The molecule has 0 fully saturated rings. The standard InChI is InChI=1S/C12H9BrN2S/c1-8-2-3-15-6-10(14-12(15)4-8)11-5-9(13)7-16-11/h2-7H,1H3. The van der Waals surface area contributed by atoms with Crippen LogP contribution in [0.4, 0.5) is 0 Å². The van der Waals surface area contributed by atoms with E-state index in [0.29, 0.717) is 0 Å². The van der Waals surface area contributed by atoms with Crippen LogP contribution in [0.3, 0.4) is 0 Å². The molecule has 16 heavy (non-hydrogen) atoms. The highest BCUT2D eigenvalue weighted by atomic mass is 79.9. The van der Waals surface area contributed by atoms with Crippen molar-refractivity contribution in [2.24, 2.45) is 0 Å². The molecule has 3 rings (SSSR count). The fourth-order valence-electron chi connectivity index (χ4n) is 1.65. The molecule has 0 spiro atoms. The van der Waals surface area contributed by atoms with E-state index in [0.717, 1.165) is 15.8 Å². The number of imidazole rings is 1. The highest BCUT2D eigenvalue weighted by Crippen LogP contribution is 2.29. The molecule has 0 aliphatic rings. The summed E-state index contributed by atoms with van der Waals surface area (Å²) in [5.41, 5.74) is 3.26. The van der Waals surface area contributed by atoms with Gasteiger partial charge in [-0.05, 0) is 46.6 Å². The molecule has 3 heterocycles. The number of halogens is 1. The molecule has 0 aromatic carbocycles. The molecule has 80 valence electrons. The second-order valence-corrected chi connectivity index (χ2v) is 5.55. The van der Waals surface area contributed by atoms with Crippen molar-refractivity contribution in [2.75, 3.05) is 0 Å². The molecule has 4 heteroatoms. The Kier molecular flexibility index (Phi) is 2.33. The minimum absolute atomic E-state index is 1.000. The molecule has 3 aromatic rings. The van der Waals surface area contributed by atoms with Crippen LogP contribution in [0.2, 0.25) is 0 Å². The summed E-state index contributed by atoms with van der Waals surface area (Å²) in [7, 11) is 0. The Bertz CT molecular complexity index is 654. The van der Waals surface area contributed by atoms with Gasteiger partial charge in [0.15, 0.2) is 0 Å². The van der Waals surface area contributed by atoms with Gasteiger partial charge >= 0.3 is 0 Å². The number of fused-ring (bicyclic) bond motifs is 1. The van der Waals surface area contributed by atoms with Crippen LogP contribution in [0.15, 0.2) is 40.4 Å². The van der Waals surface area contributed by atoms with Gasteiger partial charge in [-0.3, -0.25) is 0 Å². The lowest BCUT2D eigenvalue weighted by molar-refractivity contribution is 1.17. The average Bonchev–Trinajstić information content (AvgIpc) is 2.83. The van der Waals surface area contributed by atoms with Crippen molar-refractivity contribution in [3.8, 4) is 10.6 Å². The molecule has 0 aliphatic carbocycles. The molecular weight excluding hydrogens is 284 g/mol. The summed E-state index contributed by atoms with van der Waals surface area (Å²) in [5.74, 6) is 0. The minimum atomic E-state index is 1.000. The van der Waals surface area contributed by atoms with Crippen molar-refractivity contribution in [3.63, 3.8) is 0 Å². The minimum Gasteiger partial charge on any atom is -0.306 e. The van der Waals surface area contributed by atoms with E-state index in [1.54, 1.807) is 11.3 Å². The fraction of sp³-hybridized carbons (Fsp3) is 0.0833. The number of hydrogen-bond donors (Lipinski definition) is 0. The highest BCUT2D eigenvalue weighted by Gasteiger charge is 2.06. The molecule has 3 aromatic heterocycles. The first kappa shape index (κ1) is 10.1. The first-order chi connectivity index (χ1) is 7.72. The van der Waals surface area contributed by atoms with Crippen molar-refractivity contribution in [3.05, 3.63) is 46.0 Å². The fourth-order valence-corrected chi connectivity index (χ4v) is 3.03. The third-order valence-corrected chi connectivity index (χ3v) is 4.15. The number of pyridine rings is 1. The van der Waals surface area contributed by atoms with Crippen LogP contribution in [0.5, 0.6) is 0 Å². The molecule has 0 unspecified atom stereocenters. The van der Waals surface area contributed by atoms with Crippen molar-refractivity contribution in [1.29, 1.82) is 0 Å². The van der Waals surface area contributed by atoms with Crippen LogP contribution in [0.25, 0.3) is 16.2 Å². The van der Waals surface area contributed by atoms with Crippen LogP contribution < -0.4 is 0 Å². The van der Waals surface area contributed by atoms with Gasteiger partial charge in [-0.15, -0.1) is 11.3 Å². The zero-order valence-corrected chi connectivity index (χ0v) is 11.0. The van der Waals surface area contributed by atoms with E-state index >= 15 is 0 Å². The van der Waals surface area contributed by atoms with E-state index in [2.05, 4.69) is 62.0 Å². The van der Waals surface area contributed by atoms with Gasteiger partial charge in [0.2, 0.25) is 0 Å². The van der Waals surface area contributed by atoms with Crippen molar-refractivity contribution < 1.29 is 0 Å². The average molecular weight is 293 g/mol. The van der Waals surface area contributed by atoms with Crippen molar-refractivity contribution in [2.45, 2.75) is 6.92 Å². The van der Waals surface area contributed by atoms with Crippen molar-refractivity contribution in [1.82, 2.24) is 9.38 Å². The van der Waals surface area contributed by atoms with Gasteiger partial charge in [0.25, 0.3) is 0 Å². The van der Waals surface area contributed by atoms with Crippen LogP contribution >= 0.6 is 27.3 Å². The van der Waals surface area contributed by atoms with E-state index in [9.17, 15) is 0 Å². The third kappa shape index (κ3) is 1.68.